The lowest BCUT2D eigenvalue weighted by Gasteiger charge is -2.39. The normalized spacial score (nSPS) is 28.3. The molecular formula is C36H37O19+. The summed E-state index contributed by atoms with van der Waals surface area (Å²) < 4.78 is 34.1. The van der Waals surface area contributed by atoms with Gasteiger partial charge in [0.2, 0.25) is 18.3 Å². The zero-order valence-corrected chi connectivity index (χ0v) is 28.3. The van der Waals surface area contributed by atoms with E-state index in [2.05, 4.69) is 0 Å². The quantitative estimate of drug-likeness (QED) is 0.0419. The van der Waals surface area contributed by atoms with Crippen LogP contribution in [-0.4, -0.2) is 142 Å². The van der Waals surface area contributed by atoms with Crippen molar-refractivity contribution in [2.75, 3.05) is 13.2 Å². The molecule has 4 aromatic rings. The van der Waals surface area contributed by atoms with E-state index in [0.717, 1.165) is 30.3 Å². The molecule has 2 aliphatic rings. The maximum absolute atomic E-state index is 12.4. The predicted octanol–water partition coefficient (Wildman–Crippen LogP) is -0.469. The largest absolute Gasteiger partial charge is 0.508 e. The predicted molar refractivity (Wildman–Crippen MR) is 183 cm³/mol. The third-order valence-corrected chi connectivity index (χ3v) is 8.83. The van der Waals surface area contributed by atoms with E-state index >= 15 is 0 Å². The Bertz CT molecular complexity index is 2010. The summed E-state index contributed by atoms with van der Waals surface area (Å²) in [4.78, 5) is 12.4. The Labute approximate surface area is 309 Å². The second kappa shape index (κ2) is 16.1. The summed E-state index contributed by atoms with van der Waals surface area (Å²) >= 11 is 0. The Morgan fingerprint density at radius 1 is 0.691 bits per heavy atom. The third kappa shape index (κ3) is 8.29. The molecule has 294 valence electrons. The van der Waals surface area contributed by atoms with E-state index < -0.39 is 104 Å². The smallest absolute Gasteiger partial charge is 0.402 e. The Morgan fingerprint density at radius 2 is 1.27 bits per heavy atom. The van der Waals surface area contributed by atoms with Crippen LogP contribution in [0, 0.1) is 0 Å². The number of rotatable bonds is 10. The summed E-state index contributed by atoms with van der Waals surface area (Å²) in [6, 6.07) is 11.2. The van der Waals surface area contributed by atoms with Crippen LogP contribution in [0.5, 0.6) is 40.2 Å². The molecule has 55 heavy (non-hydrogen) atoms. The maximum atomic E-state index is 12.4. The number of esters is 1. The van der Waals surface area contributed by atoms with E-state index in [1.807, 2.05) is 0 Å². The number of ether oxygens (including phenoxy) is 5. The van der Waals surface area contributed by atoms with Crippen LogP contribution in [-0.2, 0) is 19.0 Å². The monoisotopic (exact) mass is 773 g/mol. The summed E-state index contributed by atoms with van der Waals surface area (Å²) in [5.74, 6) is -4.82. The van der Waals surface area contributed by atoms with Crippen molar-refractivity contribution < 1.29 is 94.2 Å². The number of benzene rings is 3. The number of phenolic OH excluding ortho intramolecular Hbond substituents is 5. The van der Waals surface area contributed by atoms with Gasteiger partial charge in [-0.05, 0) is 23.8 Å². The molecule has 2 saturated heterocycles. The molecule has 1 aromatic heterocycles. The second-order valence-electron chi connectivity index (χ2n) is 12.7. The van der Waals surface area contributed by atoms with Crippen LogP contribution in [0.2, 0.25) is 0 Å². The van der Waals surface area contributed by atoms with E-state index in [9.17, 15) is 66.1 Å². The molecule has 0 saturated carbocycles. The van der Waals surface area contributed by atoms with E-state index in [1.165, 1.54) is 36.4 Å². The van der Waals surface area contributed by atoms with E-state index in [-0.39, 0.29) is 39.5 Å². The van der Waals surface area contributed by atoms with Gasteiger partial charge < -0.3 is 85.0 Å². The number of phenols is 5. The SMILES string of the molecule is O=C(/C=C/c1ccc(O)cc1)OC[C@H]1O[C@@H](Oc2cc3c(O[C@@H]4O[C@@H](CO)[C@@H](O)[C@H](O)[C@H]4O)cc(O)cc3[o+]c2-c2cc(O)c(O)c(O)c2)[C@@H](O)[C@@H](O)[C@@H]1O. The number of aromatic hydroxyl groups is 5. The summed E-state index contributed by atoms with van der Waals surface area (Å²) in [6.07, 6.45) is -15.1. The van der Waals surface area contributed by atoms with Crippen molar-refractivity contribution in [3.8, 4) is 51.6 Å². The van der Waals surface area contributed by atoms with Gasteiger partial charge in [-0.25, -0.2) is 9.21 Å². The first kappa shape index (κ1) is 39.2. The molecule has 0 unspecified atom stereocenters. The highest BCUT2D eigenvalue weighted by Crippen LogP contribution is 2.45. The van der Waals surface area contributed by atoms with Crippen LogP contribution in [0.1, 0.15) is 5.56 Å². The zero-order chi connectivity index (χ0) is 39.7. The minimum atomic E-state index is -1.97. The Kier molecular flexibility index (Phi) is 11.5. The molecule has 12 N–H and O–H groups in total. The van der Waals surface area contributed by atoms with Gasteiger partial charge in [0.1, 0.15) is 78.1 Å². The summed E-state index contributed by atoms with van der Waals surface area (Å²) in [5.41, 5.74) is 0.223. The third-order valence-electron chi connectivity index (χ3n) is 8.83. The molecule has 0 spiro atoms. The summed E-state index contributed by atoms with van der Waals surface area (Å²) in [6.45, 7) is -1.41. The lowest BCUT2D eigenvalue weighted by Crippen LogP contribution is -2.60. The second-order valence-corrected chi connectivity index (χ2v) is 12.7. The average Bonchev–Trinajstić information content (AvgIpc) is 3.16. The molecule has 6 rings (SSSR count). The maximum Gasteiger partial charge on any atom is 0.402 e. The molecule has 3 heterocycles. The van der Waals surface area contributed by atoms with Gasteiger partial charge in [-0.3, -0.25) is 0 Å². The highest BCUT2D eigenvalue weighted by Gasteiger charge is 2.47. The fourth-order valence-electron chi connectivity index (χ4n) is 5.82. The van der Waals surface area contributed by atoms with Gasteiger partial charge in [-0.15, -0.1) is 0 Å². The molecule has 0 radical (unpaired) electrons. The Hall–Kier alpha value is -5.48. The number of carbonyl (C=O) groups excluding carboxylic acids is 1. The van der Waals surface area contributed by atoms with Crippen molar-refractivity contribution in [2.45, 2.75) is 61.4 Å². The van der Waals surface area contributed by atoms with Gasteiger partial charge in [0.05, 0.1) is 18.2 Å². The first-order chi connectivity index (χ1) is 26.1. The number of hydrogen-bond donors (Lipinski definition) is 12. The molecule has 10 atom stereocenters. The van der Waals surface area contributed by atoms with E-state index in [4.69, 9.17) is 28.1 Å². The first-order valence-corrected chi connectivity index (χ1v) is 16.5. The lowest BCUT2D eigenvalue weighted by atomic mass is 9.99. The van der Waals surface area contributed by atoms with Gasteiger partial charge in [-0.2, -0.15) is 0 Å². The molecule has 2 fully saturated rings. The molecule has 19 nitrogen and oxygen atoms in total. The molecule has 3 aromatic carbocycles. The highest BCUT2D eigenvalue weighted by molar-refractivity contribution is 5.89. The number of carbonyl (C=O) groups is 1. The number of hydrogen-bond acceptors (Lipinski definition) is 18. The standard InChI is InChI=1S/C36H36O19/c37-12-24-28(44)30(46)32(48)35(54-24)52-22-10-17(39)9-21-18(22)11-23(34(51-21)15-7-19(40)27(43)20(41)8-15)53-36-33(49)31(47)29(45)25(55-36)13-50-26(42)6-3-14-1-4-16(38)5-2-14/h1-11,24-25,28-33,35-37,44-49H,12-13H2,(H4-,38,39,40,41,42,43)/p+1/t24-,25+,28+,29+,30-,31-,32+,33-,35+,36+/m0/s1. The number of fused-ring (bicyclic) bond motifs is 1. The van der Waals surface area contributed by atoms with E-state index in [0.29, 0.717) is 5.56 Å². The molecule has 2 aliphatic heterocycles. The van der Waals surface area contributed by atoms with Crippen molar-refractivity contribution >= 4 is 23.0 Å². The van der Waals surface area contributed by atoms with Crippen molar-refractivity contribution in [2.24, 2.45) is 0 Å². The zero-order valence-electron chi connectivity index (χ0n) is 28.3. The van der Waals surface area contributed by atoms with Crippen molar-refractivity contribution in [3.63, 3.8) is 0 Å². The highest BCUT2D eigenvalue weighted by atomic mass is 16.7. The fraction of sp³-hybridized carbons (Fsp3) is 0.333. The first-order valence-electron chi connectivity index (χ1n) is 16.5. The van der Waals surface area contributed by atoms with Crippen LogP contribution in [0.4, 0.5) is 0 Å². The summed E-state index contributed by atoms with van der Waals surface area (Å²) in [7, 11) is 0. The molecule has 0 aliphatic carbocycles. The fourth-order valence-corrected chi connectivity index (χ4v) is 5.82. The molecule has 19 heteroatoms. The average molecular weight is 774 g/mol. The minimum Gasteiger partial charge on any atom is -0.508 e. The van der Waals surface area contributed by atoms with Crippen molar-refractivity contribution in [1.29, 1.82) is 0 Å². The minimum absolute atomic E-state index is 0.0191. The topological polar surface area (TPSA) is 317 Å². The van der Waals surface area contributed by atoms with Crippen LogP contribution < -0.4 is 9.47 Å². The van der Waals surface area contributed by atoms with Crippen LogP contribution in [0.25, 0.3) is 28.4 Å². The van der Waals surface area contributed by atoms with Crippen LogP contribution in [0.3, 0.4) is 0 Å². The number of aliphatic hydroxyl groups is 7. The number of aliphatic hydroxyl groups excluding tert-OH is 7. The van der Waals surface area contributed by atoms with Gasteiger partial charge in [0, 0.05) is 30.3 Å². The van der Waals surface area contributed by atoms with E-state index in [1.54, 1.807) is 0 Å². The van der Waals surface area contributed by atoms with Gasteiger partial charge in [0.25, 0.3) is 0 Å². The summed E-state index contributed by atoms with van der Waals surface area (Å²) in [5, 5.41) is 123. The van der Waals surface area contributed by atoms with Crippen LogP contribution >= 0.6 is 0 Å². The van der Waals surface area contributed by atoms with Gasteiger partial charge >= 0.3 is 17.3 Å². The molecule has 0 amide bonds. The van der Waals surface area contributed by atoms with Crippen molar-refractivity contribution in [1.82, 2.24) is 0 Å². The van der Waals surface area contributed by atoms with Crippen LogP contribution in [0.15, 0.2) is 65.1 Å². The lowest BCUT2D eigenvalue weighted by molar-refractivity contribution is -0.278. The molecule has 0 bridgehead atoms. The van der Waals surface area contributed by atoms with Gasteiger partial charge in [0.15, 0.2) is 17.2 Å². The molecular weight excluding hydrogens is 736 g/mol. The van der Waals surface area contributed by atoms with Crippen molar-refractivity contribution in [3.05, 3.63) is 66.2 Å². The Morgan fingerprint density at radius 3 is 1.89 bits per heavy atom. The van der Waals surface area contributed by atoms with Gasteiger partial charge in [-0.1, -0.05) is 12.1 Å². The Balaban J connectivity index is 1.33.